The van der Waals surface area contributed by atoms with Gasteiger partial charge in [-0.25, -0.2) is 0 Å². The van der Waals surface area contributed by atoms with E-state index in [9.17, 15) is 0 Å². The lowest BCUT2D eigenvalue weighted by atomic mass is 9.98. The summed E-state index contributed by atoms with van der Waals surface area (Å²) < 4.78 is 6.06. The summed E-state index contributed by atoms with van der Waals surface area (Å²) in [6.07, 6.45) is 1.02. The molecule has 0 saturated carbocycles. The third kappa shape index (κ3) is 7.58. The highest BCUT2D eigenvalue weighted by Gasteiger charge is 2.22. The standard InChI is InChI=1S/C18H30N2OSi.2ClH/c1-15(2)14-18(20-12-10-19-11-13-20)16-6-8-17(9-7-16)21-22(3,4)5;;/h6-9,18-19H,1,10-14H2,2-5H3;2*1H/t18-;;/m0../s1. The predicted octanol–water partition coefficient (Wildman–Crippen LogP) is 4.66. The van der Waals surface area contributed by atoms with Crippen molar-refractivity contribution in [3.05, 3.63) is 42.0 Å². The fourth-order valence-electron chi connectivity index (χ4n) is 2.89. The van der Waals surface area contributed by atoms with Gasteiger partial charge < -0.3 is 9.74 Å². The molecule has 0 amide bonds. The summed E-state index contributed by atoms with van der Waals surface area (Å²) in [7, 11) is -1.53. The highest BCUT2D eigenvalue weighted by molar-refractivity contribution is 6.70. The van der Waals surface area contributed by atoms with Gasteiger partial charge in [-0.15, -0.1) is 31.4 Å². The van der Waals surface area contributed by atoms with Crippen molar-refractivity contribution in [2.45, 2.75) is 39.0 Å². The van der Waals surface area contributed by atoms with Crippen molar-refractivity contribution in [1.29, 1.82) is 0 Å². The molecule has 0 aliphatic carbocycles. The Morgan fingerprint density at radius 2 is 1.71 bits per heavy atom. The predicted molar refractivity (Wildman–Crippen MR) is 112 cm³/mol. The van der Waals surface area contributed by atoms with Crippen LogP contribution in [0.2, 0.25) is 19.6 Å². The van der Waals surface area contributed by atoms with Crippen LogP contribution in [-0.4, -0.2) is 39.4 Å². The lowest BCUT2D eigenvalue weighted by molar-refractivity contribution is 0.172. The molecule has 1 aromatic rings. The maximum atomic E-state index is 6.06. The van der Waals surface area contributed by atoms with E-state index >= 15 is 0 Å². The molecule has 2 rings (SSSR count). The molecule has 0 bridgehead atoms. The second-order valence-corrected chi connectivity index (χ2v) is 11.7. The Kier molecular flexibility index (Phi) is 10.2. The van der Waals surface area contributed by atoms with Crippen LogP contribution in [0.5, 0.6) is 5.75 Å². The van der Waals surface area contributed by atoms with Crippen molar-refractivity contribution >= 4 is 33.1 Å². The number of halogens is 2. The van der Waals surface area contributed by atoms with Crippen molar-refractivity contribution in [3.8, 4) is 5.75 Å². The molecule has 1 aliphatic rings. The van der Waals surface area contributed by atoms with Crippen molar-refractivity contribution in [3.63, 3.8) is 0 Å². The molecule has 0 radical (unpaired) electrons. The van der Waals surface area contributed by atoms with Gasteiger partial charge >= 0.3 is 0 Å². The minimum atomic E-state index is -1.53. The van der Waals surface area contributed by atoms with Gasteiger partial charge in [-0.2, -0.15) is 0 Å². The van der Waals surface area contributed by atoms with Crippen LogP contribution < -0.4 is 9.74 Å². The third-order valence-corrected chi connectivity index (χ3v) is 4.67. The lowest BCUT2D eigenvalue weighted by Gasteiger charge is -2.35. The smallest absolute Gasteiger partial charge is 0.242 e. The minimum absolute atomic E-state index is 0. The van der Waals surface area contributed by atoms with E-state index in [0.717, 1.165) is 38.3 Å². The fourth-order valence-corrected chi connectivity index (χ4v) is 3.74. The first-order valence-corrected chi connectivity index (χ1v) is 11.6. The van der Waals surface area contributed by atoms with E-state index in [1.54, 1.807) is 0 Å². The van der Waals surface area contributed by atoms with Gasteiger partial charge in [0.05, 0.1) is 0 Å². The Morgan fingerprint density at radius 3 is 2.17 bits per heavy atom. The van der Waals surface area contributed by atoms with Crippen molar-refractivity contribution in [2.75, 3.05) is 26.2 Å². The largest absolute Gasteiger partial charge is 0.544 e. The Bertz CT molecular complexity index is 497. The topological polar surface area (TPSA) is 24.5 Å². The van der Waals surface area contributed by atoms with E-state index in [-0.39, 0.29) is 24.8 Å². The van der Waals surface area contributed by atoms with Gasteiger partial charge in [-0.1, -0.05) is 17.7 Å². The SMILES string of the molecule is C=C(C)C[C@@H](c1ccc(O[Si](C)(C)C)cc1)N1CCNCC1.Cl.Cl. The third-order valence-electron chi connectivity index (χ3n) is 3.82. The van der Waals surface area contributed by atoms with Crippen LogP contribution >= 0.6 is 24.8 Å². The van der Waals surface area contributed by atoms with E-state index in [0.29, 0.717) is 6.04 Å². The molecular formula is C18H32Cl2N2OSi. The van der Waals surface area contributed by atoms with Gasteiger partial charge in [0.2, 0.25) is 8.32 Å². The van der Waals surface area contributed by atoms with Crippen molar-refractivity contribution in [1.82, 2.24) is 10.2 Å². The summed E-state index contributed by atoms with van der Waals surface area (Å²) >= 11 is 0. The molecule has 1 heterocycles. The first-order chi connectivity index (χ1) is 10.3. The fraction of sp³-hybridized carbons (Fsp3) is 0.556. The number of nitrogens with zero attached hydrogens (tertiary/aromatic N) is 1. The monoisotopic (exact) mass is 390 g/mol. The van der Waals surface area contributed by atoms with Crippen LogP contribution in [0.3, 0.4) is 0 Å². The maximum Gasteiger partial charge on any atom is 0.242 e. The van der Waals surface area contributed by atoms with Gasteiger partial charge in [0, 0.05) is 32.2 Å². The minimum Gasteiger partial charge on any atom is -0.544 e. The van der Waals surface area contributed by atoms with Crippen LogP contribution in [-0.2, 0) is 0 Å². The molecule has 0 spiro atoms. The summed E-state index contributed by atoms with van der Waals surface area (Å²) in [5, 5.41) is 3.43. The molecule has 1 atom stereocenters. The first kappa shape index (κ1) is 23.5. The molecule has 0 aromatic heterocycles. The van der Waals surface area contributed by atoms with Gasteiger partial charge in [0.25, 0.3) is 0 Å². The average Bonchev–Trinajstić information content (AvgIpc) is 2.45. The van der Waals surface area contributed by atoms with E-state index in [2.05, 4.69) is 67.6 Å². The van der Waals surface area contributed by atoms with E-state index in [1.165, 1.54) is 11.1 Å². The first-order valence-electron chi connectivity index (χ1n) is 8.23. The average molecular weight is 391 g/mol. The van der Waals surface area contributed by atoms with Gasteiger partial charge in [0.1, 0.15) is 5.75 Å². The summed E-state index contributed by atoms with van der Waals surface area (Å²) in [5.74, 6) is 0.998. The summed E-state index contributed by atoms with van der Waals surface area (Å²) in [6, 6.07) is 9.14. The molecule has 24 heavy (non-hydrogen) atoms. The number of benzene rings is 1. The molecule has 138 valence electrons. The highest BCUT2D eigenvalue weighted by atomic mass is 35.5. The van der Waals surface area contributed by atoms with Crippen LogP contribution in [0, 0.1) is 0 Å². The zero-order valence-electron chi connectivity index (χ0n) is 15.3. The van der Waals surface area contributed by atoms with E-state index < -0.39 is 8.32 Å². The number of rotatable bonds is 6. The van der Waals surface area contributed by atoms with E-state index in [1.807, 2.05) is 0 Å². The molecular weight excluding hydrogens is 359 g/mol. The van der Waals surface area contributed by atoms with Crippen molar-refractivity contribution in [2.24, 2.45) is 0 Å². The normalized spacial score (nSPS) is 16.5. The quantitative estimate of drug-likeness (QED) is 0.564. The molecule has 1 aliphatic heterocycles. The maximum absolute atomic E-state index is 6.06. The Labute approximate surface area is 160 Å². The summed E-state index contributed by atoms with van der Waals surface area (Å²) in [6.45, 7) is 17.2. The van der Waals surface area contributed by atoms with Crippen molar-refractivity contribution < 1.29 is 4.43 Å². The second-order valence-electron chi connectivity index (χ2n) is 7.25. The Hall–Kier alpha value is -0.523. The highest BCUT2D eigenvalue weighted by Crippen LogP contribution is 2.29. The molecule has 1 fully saturated rings. The van der Waals surface area contributed by atoms with Gasteiger partial charge in [0.15, 0.2) is 0 Å². The van der Waals surface area contributed by atoms with Gasteiger partial charge in [-0.05, 0) is 50.7 Å². The number of hydrogen-bond donors (Lipinski definition) is 1. The Balaban J connectivity index is 0.00000264. The summed E-state index contributed by atoms with van der Waals surface area (Å²) in [4.78, 5) is 2.57. The van der Waals surface area contributed by atoms with Crippen LogP contribution in [0.1, 0.15) is 24.9 Å². The number of hydrogen-bond acceptors (Lipinski definition) is 3. The van der Waals surface area contributed by atoms with E-state index in [4.69, 9.17) is 4.43 Å². The molecule has 1 aromatic carbocycles. The molecule has 1 N–H and O–H groups in total. The van der Waals surface area contributed by atoms with Gasteiger partial charge in [-0.3, -0.25) is 4.90 Å². The molecule has 1 saturated heterocycles. The zero-order valence-corrected chi connectivity index (χ0v) is 17.9. The van der Waals surface area contributed by atoms with Crippen LogP contribution in [0.15, 0.2) is 36.4 Å². The Morgan fingerprint density at radius 1 is 1.17 bits per heavy atom. The molecule has 3 nitrogen and oxygen atoms in total. The number of nitrogens with one attached hydrogen (secondary N) is 1. The molecule has 6 heteroatoms. The lowest BCUT2D eigenvalue weighted by Crippen LogP contribution is -2.45. The second kappa shape index (κ2) is 10.5. The number of piperazine rings is 1. The summed E-state index contributed by atoms with van der Waals surface area (Å²) in [5.41, 5.74) is 2.61. The van der Waals surface area contributed by atoms with Crippen LogP contribution in [0.4, 0.5) is 0 Å². The zero-order chi connectivity index (χ0) is 16.2. The van der Waals surface area contributed by atoms with Crippen LogP contribution in [0.25, 0.3) is 0 Å². The molecule has 0 unspecified atom stereocenters.